The highest BCUT2D eigenvalue weighted by atomic mass is 35.5. The van der Waals surface area contributed by atoms with Crippen LogP contribution in [0.25, 0.3) is 0 Å². The second-order valence-corrected chi connectivity index (χ2v) is 25.2. The third-order valence-corrected chi connectivity index (χ3v) is 17.5. The van der Waals surface area contributed by atoms with Gasteiger partial charge in [0, 0.05) is 5.02 Å². The zero-order valence-electron chi connectivity index (χ0n) is 45.7. The molecular formula is C67H93Cl. The third kappa shape index (κ3) is 12.3. The van der Waals surface area contributed by atoms with Gasteiger partial charge in [-0.25, -0.2) is 0 Å². The summed E-state index contributed by atoms with van der Waals surface area (Å²) in [4.78, 5) is 0. The van der Waals surface area contributed by atoms with Crippen LogP contribution < -0.4 is 0 Å². The molecule has 0 fully saturated rings. The number of hydrogen-bond donors (Lipinski definition) is 0. The molecule has 0 radical (unpaired) electrons. The lowest BCUT2D eigenvalue weighted by Gasteiger charge is -2.22. The first-order valence-electron chi connectivity index (χ1n) is 27.3. The molecule has 0 aliphatic heterocycles. The molecule has 7 unspecified atom stereocenters. The molecule has 0 heterocycles. The van der Waals surface area contributed by atoms with Crippen molar-refractivity contribution >= 4 is 11.6 Å². The summed E-state index contributed by atoms with van der Waals surface area (Å²) in [6.07, 6.45) is 9.10. The van der Waals surface area contributed by atoms with E-state index < -0.39 is 0 Å². The first-order chi connectivity index (χ1) is 32.2. The van der Waals surface area contributed by atoms with E-state index in [4.69, 9.17) is 11.6 Å². The van der Waals surface area contributed by atoms with Crippen molar-refractivity contribution in [1.82, 2.24) is 0 Å². The van der Waals surface area contributed by atoms with Crippen molar-refractivity contribution in [2.45, 2.75) is 196 Å². The highest BCUT2D eigenvalue weighted by Crippen LogP contribution is 2.51. The molecule has 0 N–H and O–H groups in total. The number of benzene rings is 5. The molecule has 368 valence electrons. The zero-order valence-corrected chi connectivity index (χ0v) is 46.5. The Balaban J connectivity index is 0.000000140. The van der Waals surface area contributed by atoms with Crippen LogP contribution in [0.4, 0.5) is 0 Å². The molecule has 0 aromatic heterocycles. The van der Waals surface area contributed by atoms with E-state index in [1.54, 1.807) is 44.5 Å². The Morgan fingerprint density at radius 2 is 0.912 bits per heavy atom. The van der Waals surface area contributed by atoms with Gasteiger partial charge < -0.3 is 0 Å². The van der Waals surface area contributed by atoms with Gasteiger partial charge in [-0.1, -0.05) is 232 Å². The van der Waals surface area contributed by atoms with Crippen molar-refractivity contribution in [3.05, 3.63) is 176 Å². The first-order valence-corrected chi connectivity index (χ1v) is 27.7. The molecule has 10 rings (SSSR count). The molecule has 0 spiro atoms. The Bertz CT molecular complexity index is 2370. The van der Waals surface area contributed by atoms with Crippen molar-refractivity contribution in [3.8, 4) is 0 Å². The van der Waals surface area contributed by atoms with Crippen molar-refractivity contribution in [3.63, 3.8) is 0 Å². The van der Waals surface area contributed by atoms with Gasteiger partial charge in [0.2, 0.25) is 0 Å². The number of halogens is 1. The Hall–Kier alpha value is -3.61. The zero-order chi connectivity index (χ0) is 49.7. The van der Waals surface area contributed by atoms with Crippen molar-refractivity contribution < 1.29 is 0 Å². The van der Waals surface area contributed by atoms with E-state index in [-0.39, 0.29) is 5.41 Å². The third-order valence-electron chi connectivity index (χ3n) is 17.2. The molecule has 5 aromatic rings. The van der Waals surface area contributed by atoms with E-state index in [0.717, 1.165) is 64.2 Å². The summed E-state index contributed by atoms with van der Waals surface area (Å²) in [5, 5.41) is 0.867. The second kappa shape index (κ2) is 23.1. The van der Waals surface area contributed by atoms with E-state index in [0.29, 0.717) is 17.3 Å². The quantitative estimate of drug-likeness (QED) is 0.159. The topological polar surface area (TPSA) is 0 Å². The van der Waals surface area contributed by atoms with E-state index in [2.05, 4.69) is 220 Å². The number of rotatable bonds is 6. The van der Waals surface area contributed by atoms with Gasteiger partial charge >= 0.3 is 0 Å². The fourth-order valence-electron chi connectivity index (χ4n) is 13.7. The molecule has 0 bridgehead atoms. The predicted octanol–water partition coefficient (Wildman–Crippen LogP) is 19.9. The number of aryl methyl sites for hydroxylation is 1. The fraction of sp³-hybridized carbons (Fsp3) is 0.552. The molecule has 0 amide bonds. The summed E-state index contributed by atoms with van der Waals surface area (Å²) in [6.45, 7) is 37.4. The SMILES string of the molecule is CC(C)C1CC(C)(C)c2cc(Cl)ccc21.CC(C)C1CC(C)(C)c2ccccc21.CC(C)C1CCc2ccccc21.CC(C)C1c2ccccc2CC1C.CCC1Cc2ccccc2C1C(C)C. The maximum atomic E-state index is 6.08. The molecule has 7 atom stereocenters. The van der Waals surface area contributed by atoms with Crippen molar-refractivity contribution in [2.24, 2.45) is 41.4 Å². The van der Waals surface area contributed by atoms with Crippen LogP contribution in [0.2, 0.25) is 5.02 Å². The van der Waals surface area contributed by atoms with E-state index in [1.807, 2.05) is 6.07 Å². The van der Waals surface area contributed by atoms with E-state index in [9.17, 15) is 0 Å². The Morgan fingerprint density at radius 1 is 0.471 bits per heavy atom. The Morgan fingerprint density at radius 3 is 1.44 bits per heavy atom. The summed E-state index contributed by atoms with van der Waals surface area (Å²) in [7, 11) is 0. The summed E-state index contributed by atoms with van der Waals surface area (Å²) in [5.41, 5.74) is 16.4. The van der Waals surface area contributed by atoms with Crippen LogP contribution in [-0.4, -0.2) is 0 Å². The molecule has 5 aliphatic carbocycles. The monoisotopic (exact) mass is 933 g/mol. The van der Waals surface area contributed by atoms with E-state index >= 15 is 0 Å². The molecular weight excluding hydrogens is 840 g/mol. The van der Waals surface area contributed by atoms with Crippen LogP contribution in [0.5, 0.6) is 0 Å². The largest absolute Gasteiger partial charge is 0.0843 e. The summed E-state index contributed by atoms with van der Waals surface area (Å²) < 4.78 is 0. The van der Waals surface area contributed by atoms with Gasteiger partial charge in [0.1, 0.15) is 0 Å². The summed E-state index contributed by atoms with van der Waals surface area (Å²) in [6, 6.07) is 42.2. The number of fused-ring (bicyclic) bond motifs is 5. The Labute approximate surface area is 422 Å². The molecule has 5 aliphatic rings. The molecule has 0 nitrogen and oxygen atoms in total. The average molecular weight is 934 g/mol. The van der Waals surface area contributed by atoms with Crippen molar-refractivity contribution in [1.29, 1.82) is 0 Å². The number of hydrogen-bond acceptors (Lipinski definition) is 0. The lowest BCUT2D eigenvalue weighted by molar-refractivity contribution is 0.359. The molecule has 0 saturated carbocycles. The van der Waals surface area contributed by atoms with Crippen LogP contribution in [0.1, 0.15) is 222 Å². The van der Waals surface area contributed by atoms with Crippen LogP contribution >= 0.6 is 11.6 Å². The van der Waals surface area contributed by atoms with E-state index in [1.165, 1.54) is 56.1 Å². The fourth-order valence-corrected chi connectivity index (χ4v) is 13.9. The van der Waals surface area contributed by atoms with Gasteiger partial charge in [-0.3, -0.25) is 0 Å². The van der Waals surface area contributed by atoms with Crippen LogP contribution in [0.3, 0.4) is 0 Å². The smallest absolute Gasteiger partial charge is 0.0409 e. The molecule has 1 heteroatoms. The van der Waals surface area contributed by atoms with Crippen LogP contribution in [0, 0.1) is 41.4 Å². The minimum Gasteiger partial charge on any atom is -0.0843 e. The van der Waals surface area contributed by atoms with Crippen LogP contribution in [-0.2, 0) is 30.1 Å². The van der Waals surface area contributed by atoms with Gasteiger partial charge in [0.15, 0.2) is 0 Å². The second-order valence-electron chi connectivity index (χ2n) is 24.8. The van der Waals surface area contributed by atoms with Gasteiger partial charge in [0.05, 0.1) is 0 Å². The van der Waals surface area contributed by atoms with Gasteiger partial charge in [0.25, 0.3) is 0 Å². The minimum absolute atomic E-state index is 0.287. The predicted molar refractivity (Wildman–Crippen MR) is 299 cm³/mol. The van der Waals surface area contributed by atoms with Gasteiger partial charge in [-0.15, -0.1) is 0 Å². The van der Waals surface area contributed by atoms with Crippen LogP contribution in [0.15, 0.2) is 115 Å². The lowest BCUT2D eigenvalue weighted by Crippen LogP contribution is -2.13. The highest BCUT2D eigenvalue weighted by molar-refractivity contribution is 6.30. The minimum atomic E-state index is 0.287. The normalized spacial score (nSPS) is 24.1. The summed E-state index contributed by atoms with van der Waals surface area (Å²) in [5.74, 6) is 9.42. The van der Waals surface area contributed by atoms with Gasteiger partial charge in [-0.2, -0.15) is 0 Å². The molecule has 5 aromatic carbocycles. The molecule has 68 heavy (non-hydrogen) atoms. The Kier molecular flexibility index (Phi) is 18.2. The molecule has 0 saturated heterocycles. The maximum absolute atomic E-state index is 6.08. The summed E-state index contributed by atoms with van der Waals surface area (Å²) >= 11 is 6.08. The lowest BCUT2D eigenvalue weighted by atomic mass is 9.82. The first kappa shape index (κ1) is 53.7. The standard InChI is InChI=1S/C14H19Cl.2C14H20.C13H18.C12H16/c1-9(2)12-8-14(3,4)13-7-10(15)5-6-11(12)13;1-10(2)12-9-14(3,4)13-8-6-5-7-11(12)13;1-4-11-9-12-7-5-6-8-13(12)14(11)10(2)3;1-9(2)13-10(3)8-11-6-4-5-7-12(11)13;1-9(2)11-8-7-10-5-3-4-6-12(10)11/h5-7,9,12H,8H2,1-4H3;5-8,10,12H,9H2,1-4H3;5-8,10-11,14H,4,9H2,1-3H3;4-7,9-10,13H,8H2,1-3H3;3-6,9,11H,7-8H2,1-2H3. The van der Waals surface area contributed by atoms with Crippen molar-refractivity contribution in [2.75, 3.05) is 0 Å². The average Bonchev–Trinajstić information content (AvgIpc) is 4.10. The highest BCUT2D eigenvalue weighted by Gasteiger charge is 2.39. The maximum Gasteiger partial charge on any atom is 0.0409 e. The van der Waals surface area contributed by atoms with Gasteiger partial charge in [-0.05, 0) is 188 Å².